The second-order valence-corrected chi connectivity index (χ2v) is 7.93. The number of para-hydroxylation sites is 1. The standard InChI is InChI=1S/C16H16FN3O2S2/c1-10-9-23-16(18-10)14-8-15(11(2)20(14)3)24(21,22)19-13-7-5-4-6-12(13)17/h4-9,19H,1-3H3. The molecule has 0 radical (unpaired) electrons. The van der Waals surface area contributed by atoms with Crippen LogP contribution >= 0.6 is 11.3 Å². The second kappa shape index (κ2) is 6.03. The van der Waals surface area contributed by atoms with E-state index in [1.165, 1.54) is 29.5 Å². The first-order valence-electron chi connectivity index (χ1n) is 7.16. The molecule has 0 saturated carbocycles. The molecule has 3 aromatic rings. The number of hydrogen-bond acceptors (Lipinski definition) is 4. The van der Waals surface area contributed by atoms with E-state index in [9.17, 15) is 12.8 Å². The summed E-state index contributed by atoms with van der Waals surface area (Å²) in [5, 5.41) is 2.65. The lowest BCUT2D eigenvalue weighted by molar-refractivity contribution is 0.597. The fraction of sp³-hybridized carbons (Fsp3) is 0.188. The van der Waals surface area contributed by atoms with Crippen LogP contribution in [0.3, 0.4) is 0 Å². The van der Waals surface area contributed by atoms with Gasteiger partial charge in [0.15, 0.2) is 0 Å². The Kier molecular flexibility index (Phi) is 4.18. The molecule has 0 unspecified atom stereocenters. The Bertz CT molecular complexity index is 1010. The van der Waals surface area contributed by atoms with Crippen molar-refractivity contribution in [3.8, 4) is 10.7 Å². The third kappa shape index (κ3) is 2.94. The van der Waals surface area contributed by atoms with Crippen molar-refractivity contribution in [1.29, 1.82) is 0 Å². The van der Waals surface area contributed by atoms with E-state index >= 15 is 0 Å². The van der Waals surface area contributed by atoms with E-state index in [1.807, 2.05) is 12.3 Å². The van der Waals surface area contributed by atoms with Gasteiger partial charge in [0, 0.05) is 23.8 Å². The average molecular weight is 365 g/mol. The van der Waals surface area contributed by atoms with Gasteiger partial charge in [-0.25, -0.2) is 17.8 Å². The zero-order valence-electron chi connectivity index (χ0n) is 13.4. The van der Waals surface area contributed by atoms with E-state index in [4.69, 9.17) is 0 Å². The fourth-order valence-corrected chi connectivity index (χ4v) is 4.57. The number of hydrogen-bond donors (Lipinski definition) is 1. The minimum atomic E-state index is -3.90. The van der Waals surface area contributed by atoms with Gasteiger partial charge in [-0.05, 0) is 32.0 Å². The monoisotopic (exact) mass is 365 g/mol. The number of rotatable bonds is 4. The molecule has 0 aliphatic rings. The minimum Gasteiger partial charge on any atom is -0.345 e. The highest BCUT2D eigenvalue weighted by molar-refractivity contribution is 7.92. The highest BCUT2D eigenvalue weighted by atomic mass is 32.2. The Morgan fingerprint density at radius 3 is 2.58 bits per heavy atom. The molecule has 126 valence electrons. The Balaban J connectivity index is 2.04. The third-order valence-electron chi connectivity index (χ3n) is 3.73. The summed E-state index contributed by atoms with van der Waals surface area (Å²) in [5.74, 6) is -0.620. The molecule has 1 N–H and O–H groups in total. The Morgan fingerprint density at radius 1 is 1.25 bits per heavy atom. The summed E-state index contributed by atoms with van der Waals surface area (Å²) in [6, 6.07) is 7.23. The lowest BCUT2D eigenvalue weighted by Crippen LogP contribution is -2.14. The highest BCUT2D eigenvalue weighted by Gasteiger charge is 2.24. The van der Waals surface area contributed by atoms with Gasteiger partial charge in [0.25, 0.3) is 10.0 Å². The van der Waals surface area contributed by atoms with Crippen LogP contribution in [-0.2, 0) is 17.1 Å². The van der Waals surface area contributed by atoms with Crippen LogP contribution in [0.2, 0.25) is 0 Å². The summed E-state index contributed by atoms with van der Waals surface area (Å²) in [5.41, 5.74) is 2.07. The van der Waals surface area contributed by atoms with Crippen molar-refractivity contribution in [3.05, 3.63) is 52.9 Å². The Labute approximate surface area is 143 Å². The molecule has 3 rings (SSSR count). The number of halogens is 1. The molecule has 0 atom stereocenters. The van der Waals surface area contributed by atoms with Gasteiger partial charge >= 0.3 is 0 Å². The Morgan fingerprint density at radius 2 is 1.96 bits per heavy atom. The van der Waals surface area contributed by atoms with E-state index in [2.05, 4.69) is 9.71 Å². The molecular formula is C16H16FN3O2S2. The predicted octanol–water partition coefficient (Wildman–Crippen LogP) is 3.71. The first-order valence-corrected chi connectivity index (χ1v) is 9.52. The molecule has 5 nitrogen and oxygen atoms in total. The molecule has 0 bridgehead atoms. The van der Waals surface area contributed by atoms with E-state index in [0.29, 0.717) is 11.4 Å². The summed E-state index contributed by atoms with van der Waals surface area (Å²) in [4.78, 5) is 4.51. The summed E-state index contributed by atoms with van der Waals surface area (Å²) in [7, 11) is -2.12. The van der Waals surface area contributed by atoms with Crippen molar-refractivity contribution in [3.63, 3.8) is 0 Å². The van der Waals surface area contributed by atoms with Crippen molar-refractivity contribution in [2.45, 2.75) is 18.7 Å². The smallest absolute Gasteiger partial charge is 0.263 e. The van der Waals surface area contributed by atoms with Crippen LogP contribution in [-0.4, -0.2) is 18.0 Å². The SMILES string of the molecule is Cc1csc(-c2cc(S(=O)(=O)Nc3ccccc3F)c(C)n2C)n1. The van der Waals surface area contributed by atoms with Gasteiger partial charge < -0.3 is 4.57 Å². The quantitative estimate of drug-likeness (QED) is 0.767. The molecule has 0 aliphatic carbocycles. The van der Waals surface area contributed by atoms with Crippen molar-refractivity contribution >= 4 is 27.0 Å². The number of anilines is 1. The number of nitrogens with zero attached hydrogens (tertiary/aromatic N) is 2. The van der Waals surface area contributed by atoms with Crippen molar-refractivity contribution in [1.82, 2.24) is 9.55 Å². The van der Waals surface area contributed by atoms with Crippen molar-refractivity contribution in [2.75, 3.05) is 4.72 Å². The van der Waals surface area contributed by atoms with Crippen LogP contribution in [0, 0.1) is 19.7 Å². The maximum absolute atomic E-state index is 13.7. The third-order valence-corrected chi connectivity index (χ3v) is 6.20. The topological polar surface area (TPSA) is 64.0 Å². The van der Waals surface area contributed by atoms with Crippen molar-refractivity contribution < 1.29 is 12.8 Å². The van der Waals surface area contributed by atoms with E-state index in [0.717, 1.165) is 10.7 Å². The number of thiazole rings is 1. The van der Waals surface area contributed by atoms with Gasteiger partial charge in [-0.15, -0.1) is 11.3 Å². The number of aromatic nitrogens is 2. The summed E-state index contributed by atoms with van der Waals surface area (Å²) in [6.07, 6.45) is 0. The molecule has 0 aliphatic heterocycles. The first-order chi connectivity index (χ1) is 11.3. The first kappa shape index (κ1) is 16.7. The van der Waals surface area contributed by atoms with Gasteiger partial charge in [0.05, 0.1) is 11.4 Å². The van der Waals surface area contributed by atoms with E-state index in [-0.39, 0.29) is 10.6 Å². The average Bonchev–Trinajstić information content (AvgIpc) is 3.07. The van der Waals surface area contributed by atoms with Crippen molar-refractivity contribution in [2.24, 2.45) is 7.05 Å². The molecule has 8 heteroatoms. The van der Waals surface area contributed by atoms with Gasteiger partial charge in [-0.1, -0.05) is 12.1 Å². The second-order valence-electron chi connectivity index (χ2n) is 5.42. The van der Waals surface area contributed by atoms with Crippen LogP contribution in [0.25, 0.3) is 10.7 Å². The van der Waals surface area contributed by atoms with Crippen LogP contribution < -0.4 is 4.72 Å². The summed E-state index contributed by atoms with van der Waals surface area (Å²) < 4.78 is 43.2. The molecule has 0 amide bonds. The zero-order valence-corrected chi connectivity index (χ0v) is 15.0. The zero-order chi connectivity index (χ0) is 17.5. The van der Waals surface area contributed by atoms with E-state index in [1.54, 1.807) is 30.7 Å². The number of nitrogens with one attached hydrogen (secondary N) is 1. The largest absolute Gasteiger partial charge is 0.345 e. The molecule has 2 heterocycles. The maximum atomic E-state index is 13.7. The van der Waals surface area contributed by atoms with Crippen LogP contribution in [0.5, 0.6) is 0 Å². The highest BCUT2D eigenvalue weighted by Crippen LogP contribution is 2.31. The molecule has 2 aromatic heterocycles. The molecule has 1 aromatic carbocycles. The molecular weight excluding hydrogens is 349 g/mol. The Hall–Kier alpha value is -2.19. The summed E-state index contributed by atoms with van der Waals surface area (Å²) >= 11 is 1.45. The van der Waals surface area contributed by atoms with Crippen LogP contribution in [0.4, 0.5) is 10.1 Å². The number of aryl methyl sites for hydroxylation is 1. The molecule has 0 saturated heterocycles. The van der Waals surface area contributed by atoms with Gasteiger partial charge in [-0.3, -0.25) is 4.72 Å². The lowest BCUT2D eigenvalue weighted by atomic mass is 10.3. The molecule has 0 fully saturated rings. The minimum absolute atomic E-state index is 0.0765. The lowest BCUT2D eigenvalue weighted by Gasteiger charge is -2.08. The number of benzene rings is 1. The maximum Gasteiger partial charge on any atom is 0.263 e. The normalized spacial score (nSPS) is 11.7. The molecule has 24 heavy (non-hydrogen) atoms. The predicted molar refractivity (Wildman–Crippen MR) is 93.2 cm³/mol. The number of sulfonamides is 1. The van der Waals surface area contributed by atoms with Gasteiger partial charge in [0.1, 0.15) is 15.7 Å². The van der Waals surface area contributed by atoms with Crippen LogP contribution in [0.15, 0.2) is 40.6 Å². The molecule has 0 spiro atoms. The fourth-order valence-electron chi connectivity index (χ4n) is 2.36. The van der Waals surface area contributed by atoms with Gasteiger partial charge in [0.2, 0.25) is 0 Å². The van der Waals surface area contributed by atoms with Crippen LogP contribution in [0.1, 0.15) is 11.4 Å². The van der Waals surface area contributed by atoms with E-state index < -0.39 is 15.8 Å². The van der Waals surface area contributed by atoms with Gasteiger partial charge in [-0.2, -0.15) is 0 Å². The summed E-state index contributed by atoms with van der Waals surface area (Å²) in [6.45, 7) is 3.59.